The molecule has 0 radical (unpaired) electrons. The van der Waals surface area contributed by atoms with Crippen LogP contribution < -0.4 is 4.74 Å². The van der Waals surface area contributed by atoms with Crippen LogP contribution in [-0.4, -0.2) is 27.8 Å². The van der Waals surface area contributed by atoms with E-state index in [1.807, 2.05) is 12.1 Å². The van der Waals surface area contributed by atoms with E-state index in [-0.39, 0.29) is 12.2 Å². The smallest absolute Gasteiger partial charge is 0.228 e. The lowest BCUT2D eigenvalue weighted by Crippen LogP contribution is -2.04. The number of nitrogens with zero attached hydrogens (tertiary/aromatic N) is 3. The van der Waals surface area contributed by atoms with E-state index in [1.54, 1.807) is 56.2 Å². The van der Waals surface area contributed by atoms with Crippen LogP contribution in [0.2, 0.25) is 0 Å². The van der Waals surface area contributed by atoms with E-state index < -0.39 is 0 Å². The number of hydrogen-bond acceptors (Lipinski definition) is 6. The Hall–Kier alpha value is -3.54. The lowest BCUT2D eigenvalue weighted by Gasteiger charge is -2.03. The summed E-state index contributed by atoms with van der Waals surface area (Å²) in [6.45, 7) is 0. The Bertz CT molecular complexity index is 1070. The molecular weight excluding hydrogens is 330 g/mol. The first-order valence-corrected chi connectivity index (χ1v) is 8.05. The van der Waals surface area contributed by atoms with Gasteiger partial charge in [0.1, 0.15) is 11.3 Å². The molecule has 0 atom stereocenters. The normalized spacial score (nSPS) is 10.8. The number of ketones is 1. The Morgan fingerprint density at radius 3 is 2.85 bits per heavy atom. The van der Waals surface area contributed by atoms with E-state index in [0.29, 0.717) is 28.3 Å². The standard InChI is InChI=1S/C20H15N3O3/c1-25-16-7-13(10-22-12-16)8-18(24)14-4-5-19-17(9-14)23-20(26-19)15-3-2-6-21-11-15/h2-7,9-12H,8H2,1H3. The topological polar surface area (TPSA) is 78.1 Å². The lowest BCUT2D eigenvalue weighted by molar-refractivity contribution is 0.0993. The molecule has 0 amide bonds. The molecule has 1 aromatic carbocycles. The number of hydrogen-bond donors (Lipinski definition) is 0. The van der Waals surface area contributed by atoms with Gasteiger partial charge in [0.15, 0.2) is 11.4 Å². The van der Waals surface area contributed by atoms with Crippen LogP contribution in [-0.2, 0) is 6.42 Å². The minimum Gasteiger partial charge on any atom is -0.495 e. The van der Waals surface area contributed by atoms with Crippen molar-refractivity contribution < 1.29 is 13.9 Å². The highest BCUT2D eigenvalue weighted by molar-refractivity contribution is 6.00. The first kappa shape index (κ1) is 16.0. The molecule has 0 aliphatic carbocycles. The molecule has 0 saturated carbocycles. The van der Waals surface area contributed by atoms with Crippen LogP contribution in [0.5, 0.6) is 5.75 Å². The van der Waals surface area contributed by atoms with Crippen LogP contribution in [0, 0.1) is 0 Å². The molecular formula is C20H15N3O3. The predicted molar refractivity (Wildman–Crippen MR) is 96.1 cm³/mol. The van der Waals surface area contributed by atoms with E-state index >= 15 is 0 Å². The number of Topliss-reactive ketones (excluding diaryl/α,β-unsaturated/α-hetero) is 1. The van der Waals surface area contributed by atoms with Crippen LogP contribution in [0.3, 0.4) is 0 Å². The molecule has 6 nitrogen and oxygen atoms in total. The highest BCUT2D eigenvalue weighted by atomic mass is 16.5. The predicted octanol–water partition coefficient (Wildman–Crippen LogP) is 3.72. The number of fused-ring (bicyclic) bond motifs is 1. The van der Waals surface area contributed by atoms with Crippen molar-refractivity contribution >= 4 is 16.9 Å². The average molecular weight is 345 g/mol. The lowest BCUT2D eigenvalue weighted by atomic mass is 10.0. The molecule has 0 N–H and O–H groups in total. The maximum Gasteiger partial charge on any atom is 0.228 e. The summed E-state index contributed by atoms with van der Waals surface area (Å²) in [4.78, 5) is 25.2. The Morgan fingerprint density at radius 2 is 2.04 bits per heavy atom. The molecule has 0 fully saturated rings. The second kappa shape index (κ2) is 6.76. The maximum atomic E-state index is 12.6. The second-order valence-electron chi connectivity index (χ2n) is 5.78. The Balaban J connectivity index is 1.61. The molecule has 3 heterocycles. The van der Waals surface area contributed by atoms with Gasteiger partial charge in [0.05, 0.1) is 18.9 Å². The summed E-state index contributed by atoms with van der Waals surface area (Å²) in [5.41, 5.74) is 3.43. The van der Waals surface area contributed by atoms with Gasteiger partial charge in [-0.1, -0.05) is 0 Å². The van der Waals surface area contributed by atoms with Crippen LogP contribution in [0.15, 0.2) is 65.6 Å². The van der Waals surface area contributed by atoms with Crippen LogP contribution in [0.4, 0.5) is 0 Å². The molecule has 4 aromatic rings. The third-order valence-electron chi connectivity index (χ3n) is 3.99. The minimum atomic E-state index is -0.0205. The van der Waals surface area contributed by atoms with E-state index in [0.717, 1.165) is 11.1 Å². The molecule has 3 aromatic heterocycles. The largest absolute Gasteiger partial charge is 0.495 e. The molecule has 6 heteroatoms. The summed E-state index contributed by atoms with van der Waals surface area (Å²) in [6, 6.07) is 10.8. The molecule has 26 heavy (non-hydrogen) atoms. The summed E-state index contributed by atoms with van der Waals surface area (Å²) < 4.78 is 10.9. The number of aromatic nitrogens is 3. The highest BCUT2D eigenvalue weighted by Crippen LogP contribution is 2.24. The van der Waals surface area contributed by atoms with Gasteiger partial charge in [-0.15, -0.1) is 0 Å². The van der Waals surface area contributed by atoms with Crippen molar-refractivity contribution in [3.8, 4) is 17.2 Å². The average Bonchev–Trinajstić information content (AvgIpc) is 3.12. The van der Waals surface area contributed by atoms with Crippen molar-refractivity contribution in [3.05, 3.63) is 72.3 Å². The first-order chi connectivity index (χ1) is 12.7. The molecule has 0 aliphatic heterocycles. The van der Waals surface area contributed by atoms with Gasteiger partial charge in [-0.05, 0) is 42.0 Å². The van der Waals surface area contributed by atoms with Crippen molar-refractivity contribution in [2.45, 2.75) is 6.42 Å². The molecule has 4 rings (SSSR count). The number of ether oxygens (including phenoxy) is 1. The SMILES string of the molecule is COc1cncc(CC(=O)c2ccc3oc(-c4cccnc4)nc3c2)c1. The molecule has 0 spiro atoms. The Labute approximate surface area is 149 Å². The zero-order valence-corrected chi connectivity index (χ0v) is 14.0. The van der Waals surface area contributed by atoms with Crippen molar-refractivity contribution in [2.24, 2.45) is 0 Å². The fourth-order valence-corrected chi connectivity index (χ4v) is 2.67. The fraction of sp³-hybridized carbons (Fsp3) is 0.100. The zero-order chi connectivity index (χ0) is 17.9. The van der Waals surface area contributed by atoms with Gasteiger partial charge in [-0.2, -0.15) is 0 Å². The van der Waals surface area contributed by atoms with Gasteiger partial charge >= 0.3 is 0 Å². The number of carbonyl (C=O) groups excluding carboxylic acids is 1. The molecule has 0 aliphatic rings. The highest BCUT2D eigenvalue weighted by Gasteiger charge is 2.13. The number of oxazole rings is 1. The number of carbonyl (C=O) groups is 1. The summed E-state index contributed by atoms with van der Waals surface area (Å²) in [7, 11) is 1.57. The van der Waals surface area contributed by atoms with Gasteiger partial charge in [-0.3, -0.25) is 14.8 Å². The molecule has 0 bridgehead atoms. The van der Waals surface area contributed by atoms with Gasteiger partial charge < -0.3 is 9.15 Å². The zero-order valence-electron chi connectivity index (χ0n) is 14.0. The Morgan fingerprint density at radius 1 is 1.12 bits per heavy atom. The van der Waals surface area contributed by atoms with E-state index in [2.05, 4.69) is 15.0 Å². The van der Waals surface area contributed by atoms with Crippen molar-refractivity contribution in [1.82, 2.24) is 15.0 Å². The van der Waals surface area contributed by atoms with E-state index in [1.165, 1.54) is 0 Å². The third kappa shape index (κ3) is 3.17. The fourth-order valence-electron chi connectivity index (χ4n) is 2.67. The Kier molecular flexibility index (Phi) is 4.15. The van der Waals surface area contributed by atoms with E-state index in [4.69, 9.17) is 9.15 Å². The summed E-state index contributed by atoms with van der Waals surface area (Å²) in [5, 5.41) is 0. The van der Waals surface area contributed by atoms with Crippen LogP contribution in [0.1, 0.15) is 15.9 Å². The van der Waals surface area contributed by atoms with Gasteiger partial charge in [0, 0.05) is 30.6 Å². The van der Waals surface area contributed by atoms with E-state index in [9.17, 15) is 4.79 Å². The van der Waals surface area contributed by atoms with Gasteiger partial charge in [-0.25, -0.2) is 4.98 Å². The third-order valence-corrected chi connectivity index (χ3v) is 3.99. The molecule has 0 unspecified atom stereocenters. The van der Waals surface area contributed by atoms with Crippen molar-refractivity contribution in [3.63, 3.8) is 0 Å². The van der Waals surface area contributed by atoms with Crippen molar-refractivity contribution in [1.29, 1.82) is 0 Å². The minimum absolute atomic E-state index is 0.0205. The van der Waals surface area contributed by atoms with Gasteiger partial charge in [0.25, 0.3) is 0 Å². The number of pyridine rings is 2. The molecule has 0 saturated heterocycles. The van der Waals surface area contributed by atoms with Gasteiger partial charge in [0.2, 0.25) is 5.89 Å². The monoisotopic (exact) mass is 345 g/mol. The quantitative estimate of drug-likeness (QED) is 0.513. The summed E-state index contributed by atoms with van der Waals surface area (Å²) in [6.07, 6.45) is 6.89. The van der Waals surface area contributed by atoms with Crippen LogP contribution >= 0.6 is 0 Å². The summed E-state index contributed by atoms with van der Waals surface area (Å²) >= 11 is 0. The number of benzene rings is 1. The maximum absolute atomic E-state index is 12.6. The molecule has 128 valence electrons. The first-order valence-electron chi connectivity index (χ1n) is 8.05. The number of methoxy groups -OCH3 is 1. The number of rotatable bonds is 5. The van der Waals surface area contributed by atoms with Crippen molar-refractivity contribution in [2.75, 3.05) is 7.11 Å². The summed E-state index contributed by atoms with van der Waals surface area (Å²) in [5.74, 6) is 1.09. The second-order valence-corrected chi connectivity index (χ2v) is 5.78. The van der Waals surface area contributed by atoms with Crippen LogP contribution in [0.25, 0.3) is 22.6 Å².